The summed E-state index contributed by atoms with van der Waals surface area (Å²) in [5, 5.41) is 0. The molecule has 1 atom stereocenters. The molecule has 11 aromatic carbocycles. The number of fused-ring (bicyclic) bond motifs is 10. The van der Waals surface area contributed by atoms with Crippen LogP contribution in [0.4, 0.5) is 17.1 Å². The van der Waals surface area contributed by atoms with Gasteiger partial charge in [0.05, 0.1) is 5.41 Å². The number of benzene rings is 11. The molecular weight excluding hydrogens is 855 g/mol. The zero-order valence-electron chi connectivity index (χ0n) is 39.5. The molecule has 1 heteroatoms. The van der Waals surface area contributed by atoms with E-state index in [9.17, 15) is 0 Å². The van der Waals surface area contributed by atoms with E-state index in [1.54, 1.807) is 0 Å². The number of para-hydroxylation sites is 1. The molecule has 0 fully saturated rings. The van der Waals surface area contributed by atoms with E-state index in [1.165, 1.54) is 94.6 Å². The fraction of sp³-hybridized carbons (Fsp3) is 0.0571. The van der Waals surface area contributed by atoms with Crippen molar-refractivity contribution in [3.8, 4) is 55.6 Å². The summed E-state index contributed by atoms with van der Waals surface area (Å²) >= 11 is 0. The minimum absolute atomic E-state index is 0.296. The zero-order chi connectivity index (χ0) is 47.1. The number of nitrogens with zero attached hydrogens (tertiary/aromatic N) is 1. The van der Waals surface area contributed by atoms with E-state index in [4.69, 9.17) is 0 Å². The summed E-state index contributed by atoms with van der Waals surface area (Å²) < 4.78 is 0. The predicted molar refractivity (Wildman–Crippen MR) is 297 cm³/mol. The first kappa shape index (κ1) is 42.3. The standard InChI is InChI=1S/C70H51N/c1-4-17-50(18-5-1)51-34-31-49(32-35-51)33-45-61(54-19-6-2-7-20-54)55-38-36-52(37-39-55)56-21-16-22-57(47-56)53-40-42-59(43-41-53)71(58-23-8-3-9-24-58)60-44-46-65-64-27-12-15-30-68(64)70(69(65)48-60)66-28-13-10-25-62(66)63-26-11-14-29-67(63)70/h1-32,34-44,46-48,61H,33,45H2. The second-order valence-corrected chi connectivity index (χ2v) is 19.1. The summed E-state index contributed by atoms with van der Waals surface area (Å²) in [4.78, 5) is 2.41. The van der Waals surface area contributed by atoms with Gasteiger partial charge in [0.15, 0.2) is 0 Å². The first-order valence-electron chi connectivity index (χ1n) is 25.0. The molecule has 1 unspecified atom stereocenters. The fourth-order valence-electron chi connectivity index (χ4n) is 11.9. The van der Waals surface area contributed by atoms with Gasteiger partial charge in [0.1, 0.15) is 0 Å². The van der Waals surface area contributed by atoms with Gasteiger partial charge in [0, 0.05) is 23.0 Å². The molecule has 0 N–H and O–H groups in total. The molecule has 0 aromatic heterocycles. The topological polar surface area (TPSA) is 3.24 Å². The van der Waals surface area contributed by atoms with Crippen molar-refractivity contribution in [2.45, 2.75) is 24.2 Å². The van der Waals surface area contributed by atoms with Crippen molar-refractivity contribution in [3.63, 3.8) is 0 Å². The van der Waals surface area contributed by atoms with Crippen LogP contribution in [0.3, 0.4) is 0 Å². The number of hydrogen-bond donors (Lipinski definition) is 0. The molecular formula is C70H51N. The number of anilines is 3. The third-order valence-corrected chi connectivity index (χ3v) is 15.2. The van der Waals surface area contributed by atoms with E-state index in [0.717, 1.165) is 29.9 Å². The molecule has 0 bridgehead atoms. The van der Waals surface area contributed by atoms with Crippen molar-refractivity contribution in [2.75, 3.05) is 4.90 Å². The van der Waals surface area contributed by atoms with Crippen LogP contribution in [0.2, 0.25) is 0 Å². The zero-order valence-corrected chi connectivity index (χ0v) is 39.5. The Labute approximate surface area is 417 Å². The molecule has 0 radical (unpaired) electrons. The normalized spacial score (nSPS) is 13.0. The van der Waals surface area contributed by atoms with Crippen LogP contribution in [0.25, 0.3) is 55.6 Å². The van der Waals surface area contributed by atoms with Crippen LogP contribution < -0.4 is 4.90 Å². The van der Waals surface area contributed by atoms with Crippen molar-refractivity contribution in [1.82, 2.24) is 0 Å². The van der Waals surface area contributed by atoms with E-state index < -0.39 is 5.41 Å². The van der Waals surface area contributed by atoms with Gasteiger partial charge in [0.25, 0.3) is 0 Å². The Morgan fingerprint density at radius 3 is 1.28 bits per heavy atom. The summed E-state index contributed by atoms with van der Waals surface area (Å²) in [5.41, 5.74) is 25.0. The van der Waals surface area contributed by atoms with Crippen LogP contribution in [0.15, 0.2) is 279 Å². The minimum atomic E-state index is -0.410. The van der Waals surface area contributed by atoms with Crippen LogP contribution in [-0.4, -0.2) is 0 Å². The molecule has 2 aliphatic rings. The lowest BCUT2D eigenvalue weighted by molar-refractivity contribution is 0.715. The fourth-order valence-corrected chi connectivity index (χ4v) is 11.9. The highest BCUT2D eigenvalue weighted by molar-refractivity contribution is 5.96. The van der Waals surface area contributed by atoms with Crippen molar-refractivity contribution in [2.24, 2.45) is 0 Å². The molecule has 0 amide bonds. The van der Waals surface area contributed by atoms with Gasteiger partial charge in [-0.05, 0) is 150 Å². The maximum Gasteiger partial charge on any atom is 0.0726 e. The first-order valence-corrected chi connectivity index (χ1v) is 25.0. The maximum absolute atomic E-state index is 2.47. The lowest BCUT2D eigenvalue weighted by Gasteiger charge is -2.32. The van der Waals surface area contributed by atoms with Crippen LogP contribution >= 0.6 is 0 Å². The van der Waals surface area contributed by atoms with Gasteiger partial charge in [-0.2, -0.15) is 0 Å². The average molecular weight is 906 g/mol. The van der Waals surface area contributed by atoms with E-state index in [1.807, 2.05) is 0 Å². The summed E-state index contributed by atoms with van der Waals surface area (Å²) in [6.45, 7) is 0. The molecule has 2 aliphatic carbocycles. The molecule has 0 saturated heterocycles. The first-order chi connectivity index (χ1) is 35.2. The largest absolute Gasteiger partial charge is 0.310 e. The highest BCUT2D eigenvalue weighted by Gasteiger charge is 2.51. The molecule has 0 aliphatic heterocycles. The summed E-state index contributed by atoms with van der Waals surface area (Å²) in [5.74, 6) is 0.296. The average Bonchev–Trinajstić information content (AvgIpc) is 3.92. The number of hydrogen-bond acceptors (Lipinski definition) is 1. The summed E-state index contributed by atoms with van der Waals surface area (Å²) in [6.07, 6.45) is 2.04. The second kappa shape index (κ2) is 17.9. The molecule has 1 nitrogen and oxygen atoms in total. The third kappa shape index (κ3) is 7.41. The van der Waals surface area contributed by atoms with Crippen molar-refractivity contribution < 1.29 is 0 Å². The molecule has 0 saturated carbocycles. The van der Waals surface area contributed by atoms with E-state index in [0.29, 0.717) is 5.92 Å². The maximum atomic E-state index is 2.47. The summed E-state index contributed by atoms with van der Waals surface area (Å²) in [6, 6.07) is 103. The Bertz CT molecular complexity index is 3610. The van der Waals surface area contributed by atoms with Crippen LogP contribution in [-0.2, 0) is 11.8 Å². The quantitative estimate of drug-likeness (QED) is 0.125. The van der Waals surface area contributed by atoms with Crippen molar-refractivity contribution in [1.29, 1.82) is 0 Å². The monoisotopic (exact) mass is 905 g/mol. The van der Waals surface area contributed by atoms with Gasteiger partial charge in [0.2, 0.25) is 0 Å². The third-order valence-electron chi connectivity index (χ3n) is 15.2. The van der Waals surface area contributed by atoms with Crippen LogP contribution in [0, 0.1) is 0 Å². The van der Waals surface area contributed by atoms with Gasteiger partial charge in [-0.15, -0.1) is 0 Å². The van der Waals surface area contributed by atoms with Gasteiger partial charge in [-0.25, -0.2) is 0 Å². The SMILES string of the molecule is c1ccc(-c2ccc(CCC(c3ccccc3)c3ccc(-c4cccc(-c5ccc(N(c6ccccc6)c6ccc7c(c6)C6(c8ccccc8-c8ccccc86)c6ccccc6-7)cc5)c4)cc3)cc2)cc1. The number of aryl methyl sites for hydroxylation is 1. The van der Waals surface area contributed by atoms with E-state index in [-0.39, 0.29) is 0 Å². The Morgan fingerprint density at radius 1 is 0.282 bits per heavy atom. The van der Waals surface area contributed by atoms with Gasteiger partial charge >= 0.3 is 0 Å². The van der Waals surface area contributed by atoms with Crippen molar-refractivity contribution in [3.05, 3.63) is 318 Å². The Balaban J connectivity index is 0.799. The highest BCUT2D eigenvalue weighted by Crippen LogP contribution is 2.63. The minimum Gasteiger partial charge on any atom is -0.310 e. The second-order valence-electron chi connectivity index (χ2n) is 19.1. The van der Waals surface area contributed by atoms with Crippen LogP contribution in [0.1, 0.15) is 51.3 Å². The summed E-state index contributed by atoms with van der Waals surface area (Å²) in [7, 11) is 0. The molecule has 1 spiro atoms. The van der Waals surface area contributed by atoms with E-state index >= 15 is 0 Å². The lowest BCUT2D eigenvalue weighted by Crippen LogP contribution is -2.26. The molecule has 0 heterocycles. The molecule has 13 rings (SSSR count). The van der Waals surface area contributed by atoms with Gasteiger partial charge in [-0.1, -0.05) is 237 Å². The molecule has 11 aromatic rings. The van der Waals surface area contributed by atoms with Crippen LogP contribution in [0.5, 0.6) is 0 Å². The Morgan fingerprint density at radius 2 is 0.690 bits per heavy atom. The van der Waals surface area contributed by atoms with E-state index in [2.05, 4.69) is 284 Å². The Hall–Kier alpha value is -8.78. The predicted octanol–water partition coefficient (Wildman–Crippen LogP) is 18.3. The number of rotatable bonds is 11. The Kier molecular flexibility index (Phi) is 10.7. The van der Waals surface area contributed by atoms with Gasteiger partial charge < -0.3 is 4.90 Å². The lowest BCUT2D eigenvalue weighted by atomic mass is 9.70. The molecule has 71 heavy (non-hydrogen) atoms. The highest BCUT2D eigenvalue weighted by atomic mass is 15.1. The van der Waals surface area contributed by atoms with Gasteiger partial charge in [-0.3, -0.25) is 0 Å². The molecule has 336 valence electrons. The van der Waals surface area contributed by atoms with Crippen molar-refractivity contribution >= 4 is 17.1 Å². The smallest absolute Gasteiger partial charge is 0.0726 e.